The number of carboxylic acid groups (broad SMARTS) is 1. The second-order valence-electron chi connectivity index (χ2n) is 15.3. The van der Waals surface area contributed by atoms with Crippen LogP contribution in [0.25, 0.3) is 0 Å². The summed E-state index contributed by atoms with van der Waals surface area (Å²) in [6.45, 7) is 5.27. The van der Waals surface area contributed by atoms with Crippen molar-refractivity contribution in [2.75, 3.05) is 72.0 Å². The Morgan fingerprint density at radius 3 is 1.60 bits per heavy atom. The van der Waals surface area contributed by atoms with Gasteiger partial charge < -0.3 is 55.4 Å². The van der Waals surface area contributed by atoms with Gasteiger partial charge in [0.25, 0.3) is 0 Å². The lowest BCUT2D eigenvalue weighted by Crippen LogP contribution is -2.53. The monoisotopic (exact) mass is 797 g/mol. The predicted molar refractivity (Wildman–Crippen MR) is 208 cm³/mol. The summed E-state index contributed by atoms with van der Waals surface area (Å²) in [5.74, 6) is -0.707. The molecule has 18 heteroatoms. The summed E-state index contributed by atoms with van der Waals surface area (Å²) in [6.07, 6.45) is 5.38. The molecule has 0 aromatic heterocycles. The molecule has 1 aromatic rings. The van der Waals surface area contributed by atoms with Gasteiger partial charge >= 0.3 is 30.2 Å². The molecule has 314 valence electrons. The summed E-state index contributed by atoms with van der Waals surface area (Å²) in [7, 11) is 0. The van der Waals surface area contributed by atoms with Crippen LogP contribution >= 0.6 is 0 Å². The van der Waals surface area contributed by atoms with Crippen molar-refractivity contribution in [1.29, 1.82) is 5.41 Å². The van der Waals surface area contributed by atoms with E-state index in [2.05, 4.69) is 10.6 Å². The molecule has 57 heavy (non-hydrogen) atoms. The number of rotatable bonds is 11. The molecule has 1 aromatic carbocycles. The number of piperazine rings is 2. The molecular weight excluding hydrogens is 738 g/mol. The molecule has 4 fully saturated rings. The molecule has 0 atom stereocenters. The van der Waals surface area contributed by atoms with E-state index >= 15 is 0 Å². The lowest BCUT2D eigenvalue weighted by molar-refractivity contribution is -0.141. The average molecular weight is 798 g/mol. The Morgan fingerprint density at radius 2 is 1.12 bits per heavy atom. The first-order valence-electron chi connectivity index (χ1n) is 20.3. The largest absolute Gasteiger partial charge is 0.481 e. The molecule has 3 heterocycles. The van der Waals surface area contributed by atoms with Crippen molar-refractivity contribution < 1.29 is 43.3 Å². The minimum atomic E-state index is -0.971. The summed E-state index contributed by atoms with van der Waals surface area (Å²) in [5, 5.41) is 22.2. The highest BCUT2D eigenvalue weighted by Crippen LogP contribution is 2.24. The van der Waals surface area contributed by atoms with Crippen molar-refractivity contribution >= 4 is 42.0 Å². The molecule has 3 saturated heterocycles. The van der Waals surface area contributed by atoms with E-state index in [0.29, 0.717) is 116 Å². The number of nitrogens with zero attached hydrogens (tertiary/aromatic N) is 5. The minimum absolute atomic E-state index is 0.00869. The van der Waals surface area contributed by atoms with Crippen LogP contribution in [0.4, 0.5) is 19.2 Å². The summed E-state index contributed by atoms with van der Waals surface area (Å²) in [6, 6.07) is 6.77. The van der Waals surface area contributed by atoms with Crippen LogP contribution in [0.3, 0.4) is 0 Å². The Hall–Kier alpha value is -5.29. The molecule has 1 aliphatic carbocycles. The van der Waals surface area contributed by atoms with Crippen LogP contribution in [0.2, 0.25) is 0 Å². The Bertz CT molecular complexity index is 1540. The fourth-order valence-corrected chi connectivity index (χ4v) is 7.72. The number of ether oxygens (including phenoxy) is 2. The highest BCUT2D eigenvalue weighted by molar-refractivity contribution is 5.94. The number of amides is 7. The smallest absolute Gasteiger partial charge is 0.410 e. The molecule has 5 rings (SSSR count). The van der Waals surface area contributed by atoms with Gasteiger partial charge in [-0.3, -0.25) is 15.0 Å². The number of carboxylic acids is 1. The Kier molecular flexibility index (Phi) is 16.0. The molecule has 0 unspecified atom stereocenters. The molecule has 0 radical (unpaired) electrons. The van der Waals surface area contributed by atoms with Crippen LogP contribution in [0.15, 0.2) is 24.3 Å². The van der Waals surface area contributed by atoms with Gasteiger partial charge in [-0.15, -0.1) is 0 Å². The van der Waals surface area contributed by atoms with Crippen molar-refractivity contribution in [3.8, 4) is 0 Å². The van der Waals surface area contributed by atoms with Crippen LogP contribution in [0.5, 0.6) is 0 Å². The molecule has 4 aliphatic rings. The number of nitrogens with two attached hydrogens (primary N) is 1. The molecule has 3 aliphatic heterocycles. The minimum Gasteiger partial charge on any atom is -0.481 e. The number of hydrogen-bond donors (Lipinski definition) is 5. The van der Waals surface area contributed by atoms with Crippen molar-refractivity contribution in [2.24, 2.45) is 11.7 Å². The number of benzene rings is 1. The Balaban J connectivity index is 0.902. The van der Waals surface area contributed by atoms with Crippen LogP contribution in [-0.2, 0) is 25.6 Å². The molecule has 18 nitrogen and oxygen atoms in total. The first kappa shape index (κ1) is 42.8. The standard InChI is InChI=1S/C39H59N9O9/c40-35(41)30-9-7-29(8-10-30)27-43-37(53)46-21-25-48(26-22-46)39(55)57-32-5-1-3-31(4-2-6-32)56-38(54)47-23-19-45(20-24-47)36(52)42-16-13-28-14-17-44(18-15-28)33(49)11-12-34(50)51/h7-10,28,31-32H,1-6,11-27H2,(H3,40,41)(H,42,52)(H,43,53)(H,50,51). The van der Waals surface area contributed by atoms with Gasteiger partial charge in [-0.05, 0) is 69.3 Å². The number of nitrogen functional groups attached to an aromatic ring is 1. The Morgan fingerprint density at radius 1 is 0.649 bits per heavy atom. The molecule has 7 amide bonds. The van der Waals surface area contributed by atoms with Gasteiger partial charge in [-0.2, -0.15) is 0 Å². The number of nitrogens with one attached hydrogen (secondary N) is 3. The van der Waals surface area contributed by atoms with E-state index in [4.69, 9.17) is 25.7 Å². The number of urea groups is 2. The average Bonchev–Trinajstić information content (AvgIpc) is 3.21. The highest BCUT2D eigenvalue weighted by atomic mass is 16.6. The highest BCUT2D eigenvalue weighted by Gasteiger charge is 2.30. The van der Waals surface area contributed by atoms with Gasteiger partial charge in [-0.25, -0.2) is 19.2 Å². The number of amidine groups is 1. The maximum absolute atomic E-state index is 13.0. The first-order chi connectivity index (χ1) is 27.4. The predicted octanol–water partition coefficient (Wildman–Crippen LogP) is 2.98. The van der Waals surface area contributed by atoms with Gasteiger partial charge in [0.2, 0.25) is 5.91 Å². The number of likely N-dealkylation sites (tertiary alicyclic amines) is 1. The Labute approximate surface area is 333 Å². The van der Waals surface area contributed by atoms with Crippen molar-refractivity contribution in [3.63, 3.8) is 0 Å². The molecule has 0 bridgehead atoms. The lowest BCUT2D eigenvalue weighted by atomic mass is 9.93. The van der Waals surface area contributed by atoms with Crippen molar-refractivity contribution in [3.05, 3.63) is 35.4 Å². The third kappa shape index (κ3) is 13.4. The number of hydrogen-bond acceptors (Lipinski definition) is 9. The van der Waals surface area contributed by atoms with Gasteiger partial charge in [-0.1, -0.05) is 24.3 Å². The fourth-order valence-electron chi connectivity index (χ4n) is 7.72. The van der Waals surface area contributed by atoms with Crippen LogP contribution in [0.1, 0.15) is 81.8 Å². The zero-order valence-corrected chi connectivity index (χ0v) is 32.8. The zero-order chi connectivity index (χ0) is 40.7. The molecule has 0 spiro atoms. The normalized spacial score (nSPS) is 20.8. The maximum Gasteiger partial charge on any atom is 0.410 e. The molecule has 1 saturated carbocycles. The van der Waals surface area contributed by atoms with E-state index in [1.54, 1.807) is 36.6 Å². The molecule has 6 N–H and O–H groups in total. The second-order valence-corrected chi connectivity index (χ2v) is 15.3. The van der Waals surface area contributed by atoms with E-state index in [0.717, 1.165) is 37.7 Å². The summed E-state index contributed by atoms with van der Waals surface area (Å²) < 4.78 is 11.8. The molecular formula is C39H59N9O9. The van der Waals surface area contributed by atoms with Crippen molar-refractivity contribution in [2.45, 2.75) is 89.4 Å². The SMILES string of the molecule is N=C(N)c1ccc(CNC(=O)N2CCN(C(=O)OC3CCCC(OC(=O)N4CCN(C(=O)NCCC5CCN(C(=O)CCC(=O)O)CC5)CC4)CCC3)CC2)cc1. The zero-order valence-electron chi connectivity index (χ0n) is 32.8. The van der Waals surface area contributed by atoms with E-state index < -0.39 is 5.97 Å². The van der Waals surface area contributed by atoms with E-state index in [1.807, 2.05) is 12.1 Å². The first-order valence-corrected chi connectivity index (χ1v) is 20.3. The van der Waals surface area contributed by atoms with Crippen LogP contribution in [0, 0.1) is 11.3 Å². The number of piperidine rings is 1. The maximum atomic E-state index is 13.0. The van der Waals surface area contributed by atoms with E-state index in [9.17, 15) is 28.8 Å². The third-order valence-corrected chi connectivity index (χ3v) is 11.3. The number of carbonyl (C=O) groups is 6. The van der Waals surface area contributed by atoms with Gasteiger partial charge in [0.05, 0.1) is 6.42 Å². The lowest BCUT2D eigenvalue weighted by Gasteiger charge is -2.36. The van der Waals surface area contributed by atoms with Crippen molar-refractivity contribution in [1.82, 2.24) is 35.1 Å². The summed E-state index contributed by atoms with van der Waals surface area (Å²) in [5.41, 5.74) is 7.02. The summed E-state index contributed by atoms with van der Waals surface area (Å²) in [4.78, 5) is 82.8. The van der Waals surface area contributed by atoms with E-state index in [1.165, 1.54) is 0 Å². The van der Waals surface area contributed by atoms with Gasteiger partial charge in [0.15, 0.2) is 0 Å². The van der Waals surface area contributed by atoms with E-state index in [-0.39, 0.29) is 61.0 Å². The number of aliphatic carboxylic acids is 1. The van der Waals surface area contributed by atoms with Crippen LogP contribution in [-0.4, -0.2) is 156 Å². The topological polar surface area (TPSA) is 231 Å². The quantitative estimate of drug-likeness (QED) is 0.162. The fraction of sp³-hybridized carbons (Fsp3) is 0.667. The number of carbonyl (C=O) groups excluding carboxylic acids is 5. The van der Waals surface area contributed by atoms with Gasteiger partial charge in [0, 0.05) is 90.5 Å². The van der Waals surface area contributed by atoms with Gasteiger partial charge in [0.1, 0.15) is 18.0 Å². The second kappa shape index (κ2) is 21.3. The third-order valence-electron chi connectivity index (χ3n) is 11.3. The van der Waals surface area contributed by atoms with Crippen LogP contribution < -0.4 is 16.4 Å². The summed E-state index contributed by atoms with van der Waals surface area (Å²) >= 11 is 0.